The molecule has 4 nitrogen and oxygen atoms in total. The van der Waals surface area contributed by atoms with E-state index in [2.05, 4.69) is 15.3 Å². The first-order valence-electron chi connectivity index (χ1n) is 6.29. The number of rotatable bonds is 3. The Kier molecular flexibility index (Phi) is 5.18. The van der Waals surface area contributed by atoms with Crippen molar-refractivity contribution in [1.29, 1.82) is 0 Å². The molecule has 2 aromatic carbocycles. The van der Waals surface area contributed by atoms with Crippen molar-refractivity contribution in [2.45, 2.75) is 0 Å². The molecule has 0 aliphatic rings. The maximum atomic E-state index is 13.7. The number of benzene rings is 2. The molecule has 0 atom stereocenters. The Balaban J connectivity index is 0.00000192. The van der Waals surface area contributed by atoms with Gasteiger partial charge < -0.3 is 10.1 Å². The van der Waals surface area contributed by atoms with Gasteiger partial charge in [0.1, 0.15) is 18.0 Å². The average Bonchev–Trinajstić information content (AvgIpc) is 2.50. The number of aromatic nitrogens is 2. The van der Waals surface area contributed by atoms with Crippen molar-refractivity contribution in [3.05, 3.63) is 53.3 Å². The van der Waals surface area contributed by atoms with Crippen LogP contribution in [0, 0.1) is 11.6 Å². The molecule has 23 heavy (non-hydrogen) atoms. The van der Waals surface area contributed by atoms with Crippen molar-refractivity contribution in [3.8, 4) is 5.75 Å². The van der Waals surface area contributed by atoms with Crippen LogP contribution in [0.1, 0.15) is 0 Å². The molecule has 0 aliphatic carbocycles. The number of methoxy groups -OCH3 is 1. The van der Waals surface area contributed by atoms with Gasteiger partial charge in [-0.3, -0.25) is 0 Å². The fraction of sp³-hybridized carbons (Fsp3) is 0.0667. The minimum absolute atomic E-state index is 0. The predicted molar refractivity (Wildman–Crippen MR) is 88.0 cm³/mol. The van der Waals surface area contributed by atoms with Gasteiger partial charge >= 0.3 is 0 Å². The Morgan fingerprint density at radius 1 is 1.09 bits per heavy atom. The van der Waals surface area contributed by atoms with Gasteiger partial charge in [0, 0.05) is 17.1 Å². The van der Waals surface area contributed by atoms with E-state index in [-0.39, 0.29) is 23.2 Å². The fourth-order valence-corrected chi connectivity index (χ4v) is 2.20. The number of ether oxygens (including phenoxy) is 1. The van der Waals surface area contributed by atoms with Crippen LogP contribution >= 0.6 is 24.0 Å². The van der Waals surface area contributed by atoms with Crippen LogP contribution < -0.4 is 10.1 Å². The highest BCUT2D eigenvalue weighted by atomic mass is 35.5. The molecule has 1 N–H and O–H groups in total. The van der Waals surface area contributed by atoms with Crippen LogP contribution in [0.5, 0.6) is 5.75 Å². The van der Waals surface area contributed by atoms with Gasteiger partial charge in [0.2, 0.25) is 0 Å². The minimum atomic E-state index is -0.511. The van der Waals surface area contributed by atoms with Gasteiger partial charge in [-0.05, 0) is 24.3 Å². The molecule has 0 aliphatic heterocycles. The summed E-state index contributed by atoms with van der Waals surface area (Å²) in [6.07, 6.45) is 1.31. The smallest absolute Gasteiger partial charge is 0.167 e. The summed E-state index contributed by atoms with van der Waals surface area (Å²) in [6, 6.07) is 6.96. The van der Waals surface area contributed by atoms with Crippen molar-refractivity contribution >= 4 is 46.4 Å². The molecule has 3 aromatic rings. The molecule has 3 rings (SSSR count). The molecule has 0 radical (unpaired) electrons. The second-order valence-electron chi connectivity index (χ2n) is 4.48. The molecule has 0 spiro atoms. The van der Waals surface area contributed by atoms with E-state index in [1.165, 1.54) is 43.8 Å². The molecule has 0 bridgehead atoms. The van der Waals surface area contributed by atoms with Crippen molar-refractivity contribution in [3.63, 3.8) is 0 Å². The van der Waals surface area contributed by atoms with E-state index in [4.69, 9.17) is 16.3 Å². The Morgan fingerprint density at radius 2 is 1.87 bits per heavy atom. The number of anilines is 2. The summed E-state index contributed by atoms with van der Waals surface area (Å²) in [5.74, 6) is -0.499. The van der Waals surface area contributed by atoms with Crippen LogP contribution in [0.3, 0.4) is 0 Å². The largest absolute Gasteiger partial charge is 0.494 e. The molecule has 0 fully saturated rings. The highest BCUT2D eigenvalue weighted by Crippen LogP contribution is 2.29. The van der Waals surface area contributed by atoms with Crippen LogP contribution in [0.4, 0.5) is 20.3 Å². The number of fused-ring (bicyclic) bond motifs is 1. The third kappa shape index (κ3) is 3.43. The fourth-order valence-electron chi connectivity index (χ4n) is 2.02. The van der Waals surface area contributed by atoms with Gasteiger partial charge in [0.25, 0.3) is 0 Å². The lowest BCUT2D eigenvalue weighted by atomic mass is 10.2. The Bertz CT molecular complexity index is 861. The van der Waals surface area contributed by atoms with Crippen LogP contribution in [0.15, 0.2) is 36.7 Å². The standard InChI is InChI=1S/C15H10ClF2N3O.ClH/c1-22-14-5-9-13(6-12(14)18)19-7-20-15(9)21-8-2-3-11(17)10(16)4-8;/h2-7H,1H3,(H,19,20,21);1H. The van der Waals surface area contributed by atoms with Crippen LogP contribution in [-0.4, -0.2) is 17.1 Å². The predicted octanol–water partition coefficient (Wildman–Crippen LogP) is 4.74. The zero-order valence-corrected chi connectivity index (χ0v) is 13.4. The molecular weight excluding hydrogens is 347 g/mol. The highest BCUT2D eigenvalue weighted by molar-refractivity contribution is 6.31. The number of nitrogens with one attached hydrogen (secondary N) is 1. The van der Waals surface area contributed by atoms with Crippen LogP contribution in [0.2, 0.25) is 5.02 Å². The zero-order chi connectivity index (χ0) is 15.7. The summed E-state index contributed by atoms with van der Waals surface area (Å²) in [6.45, 7) is 0. The number of hydrogen-bond acceptors (Lipinski definition) is 4. The van der Waals surface area contributed by atoms with E-state index >= 15 is 0 Å². The first-order chi connectivity index (χ1) is 10.6. The molecule has 1 aromatic heterocycles. The average molecular weight is 358 g/mol. The van der Waals surface area contributed by atoms with Gasteiger partial charge in [0.05, 0.1) is 17.6 Å². The molecule has 0 saturated heterocycles. The third-order valence-electron chi connectivity index (χ3n) is 3.09. The lowest BCUT2D eigenvalue weighted by Gasteiger charge is -2.10. The molecule has 0 amide bonds. The van der Waals surface area contributed by atoms with Gasteiger partial charge in [-0.15, -0.1) is 12.4 Å². The van der Waals surface area contributed by atoms with E-state index in [0.29, 0.717) is 22.4 Å². The van der Waals surface area contributed by atoms with Crippen LogP contribution in [0.25, 0.3) is 10.9 Å². The van der Waals surface area contributed by atoms with Gasteiger partial charge in [0.15, 0.2) is 11.6 Å². The second-order valence-corrected chi connectivity index (χ2v) is 4.89. The minimum Gasteiger partial charge on any atom is -0.494 e. The molecule has 1 heterocycles. The summed E-state index contributed by atoms with van der Waals surface area (Å²) in [4.78, 5) is 8.14. The molecule has 0 saturated carbocycles. The summed E-state index contributed by atoms with van der Waals surface area (Å²) in [7, 11) is 1.38. The zero-order valence-electron chi connectivity index (χ0n) is 11.8. The van der Waals surface area contributed by atoms with E-state index in [1.807, 2.05) is 0 Å². The number of nitrogens with zero attached hydrogens (tertiary/aromatic N) is 2. The Hall–Kier alpha value is -2.18. The molecule has 0 unspecified atom stereocenters. The first kappa shape index (κ1) is 17.2. The SMILES string of the molecule is COc1cc2c(Nc3ccc(F)c(Cl)c3)ncnc2cc1F.Cl. The maximum absolute atomic E-state index is 13.7. The summed E-state index contributed by atoms with van der Waals surface area (Å²) in [5, 5.41) is 3.57. The van der Waals surface area contributed by atoms with Crippen molar-refractivity contribution in [2.75, 3.05) is 12.4 Å². The third-order valence-corrected chi connectivity index (χ3v) is 3.38. The lowest BCUT2D eigenvalue weighted by molar-refractivity contribution is 0.387. The molecule has 120 valence electrons. The van der Waals surface area contributed by atoms with Crippen LogP contribution in [-0.2, 0) is 0 Å². The topological polar surface area (TPSA) is 47.0 Å². The van der Waals surface area contributed by atoms with E-state index < -0.39 is 11.6 Å². The monoisotopic (exact) mass is 357 g/mol. The van der Waals surface area contributed by atoms with E-state index in [0.717, 1.165) is 0 Å². The second kappa shape index (κ2) is 6.93. The summed E-state index contributed by atoms with van der Waals surface area (Å²) >= 11 is 5.75. The number of halogens is 4. The Morgan fingerprint density at radius 3 is 2.57 bits per heavy atom. The molecule has 8 heteroatoms. The van der Waals surface area contributed by atoms with Crippen molar-refractivity contribution in [1.82, 2.24) is 9.97 Å². The highest BCUT2D eigenvalue weighted by Gasteiger charge is 2.11. The molecular formula is C15H11Cl2F2N3O. The maximum Gasteiger partial charge on any atom is 0.167 e. The Labute approximate surface area is 141 Å². The van der Waals surface area contributed by atoms with Crippen molar-refractivity contribution < 1.29 is 13.5 Å². The first-order valence-corrected chi connectivity index (χ1v) is 6.66. The van der Waals surface area contributed by atoms with E-state index in [1.54, 1.807) is 0 Å². The number of hydrogen-bond donors (Lipinski definition) is 1. The normalized spacial score (nSPS) is 10.3. The van der Waals surface area contributed by atoms with Gasteiger partial charge in [-0.1, -0.05) is 11.6 Å². The van der Waals surface area contributed by atoms with E-state index in [9.17, 15) is 8.78 Å². The quantitative estimate of drug-likeness (QED) is 0.735. The van der Waals surface area contributed by atoms with Crippen molar-refractivity contribution in [2.24, 2.45) is 0 Å². The lowest BCUT2D eigenvalue weighted by Crippen LogP contribution is -1.98. The summed E-state index contributed by atoms with van der Waals surface area (Å²) < 4.78 is 31.9. The van der Waals surface area contributed by atoms with Gasteiger partial charge in [-0.2, -0.15) is 0 Å². The summed E-state index contributed by atoms with van der Waals surface area (Å²) in [5.41, 5.74) is 0.971. The van der Waals surface area contributed by atoms with Gasteiger partial charge in [-0.25, -0.2) is 18.7 Å².